The molecule has 0 radical (unpaired) electrons. The van der Waals surface area contributed by atoms with E-state index in [1.165, 1.54) is 11.1 Å². The van der Waals surface area contributed by atoms with Gasteiger partial charge in [0.1, 0.15) is 11.6 Å². The molecule has 4 aromatic rings. The van der Waals surface area contributed by atoms with Gasteiger partial charge in [0.2, 0.25) is 0 Å². The van der Waals surface area contributed by atoms with Gasteiger partial charge in [-0.1, -0.05) is 98.0 Å². The largest absolute Gasteiger partial charge is 0.423 e. The molecule has 0 N–H and O–H groups in total. The molecule has 1 atom stereocenters. The summed E-state index contributed by atoms with van der Waals surface area (Å²) in [5.74, 6) is 0.182. The highest BCUT2D eigenvalue weighted by Gasteiger charge is 2.10. The van der Waals surface area contributed by atoms with E-state index >= 15 is 0 Å². The van der Waals surface area contributed by atoms with Crippen molar-refractivity contribution in [1.82, 2.24) is 0 Å². The highest BCUT2D eigenvalue weighted by molar-refractivity contribution is 5.91. The molecule has 0 saturated heterocycles. The van der Waals surface area contributed by atoms with E-state index in [0.29, 0.717) is 22.8 Å². The van der Waals surface area contributed by atoms with Crippen molar-refractivity contribution in [2.24, 2.45) is 0 Å². The molecule has 0 fully saturated rings. The number of carbonyl (C=O) groups excluding carboxylic acids is 1. The van der Waals surface area contributed by atoms with Crippen molar-refractivity contribution in [3.05, 3.63) is 148 Å². The van der Waals surface area contributed by atoms with Crippen molar-refractivity contribution >= 4 is 18.1 Å². The first kappa shape index (κ1) is 26.8. The highest BCUT2D eigenvalue weighted by atomic mass is 19.1. The summed E-state index contributed by atoms with van der Waals surface area (Å²) in [4.78, 5) is 12.5. The quantitative estimate of drug-likeness (QED) is 0.0932. The summed E-state index contributed by atoms with van der Waals surface area (Å²) in [5.41, 5.74) is 5.28. The molecule has 0 heterocycles. The fraction of sp³-hybridized carbons (Fsp3) is 0.171. The number of aryl methyl sites for hydroxylation is 1. The van der Waals surface area contributed by atoms with E-state index in [-0.39, 0.29) is 5.82 Å². The number of esters is 1. The van der Waals surface area contributed by atoms with Gasteiger partial charge in [0.25, 0.3) is 0 Å². The molecule has 0 aliphatic heterocycles. The Morgan fingerprint density at radius 3 is 2.26 bits per heavy atom. The van der Waals surface area contributed by atoms with Crippen molar-refractivity contribution < 1.29 is 13.9 Å². The van der Waals surface area contributed by atoms with Crippen LogP contribution in [-0.2, 0) is 12.8 Å². The van der Waals surface area contributed by atoms with Gasteiger partial charge in [-0.05, 0) is 84.7 Å². The first-order chi connectivity index (χ1) is 18.5. The molecule has 0 saturated carbocycles. The van der Waals surface area contributed by atoms with Crippen molar-refractivity contribution in [1.29, 1.82) is 0 Å². The second kappa shape index (κ2) is 13.3. The lowest BCUT2D eigenvalue weighted by Crippen LogP contribution is -2.08. The third-order valence-electron chi connectivity index (χ3n) is 6.55. The summed E-state index contributed by atoms with van der Waals surface area (Å²) >= 11 is 0. The van der Waals surface area contributed by atoms with E-state index in [0.717, 1.165) is 30.4 Å². The van der Waals surface area contributed by atoms with E-state index in [9.17, 15) is 9.18 Å². The summed E-state index contributed by atoms with van der Waals surface area (Å²) in [5, 5.41) is 0. The minimum absolute atomic E-state index is 0.243. The summed E-state index contributed by atoms with van der Waals surface area (Å²) in [6.07, 6.45) is 10.5. The van der Waals surface area contributed by atoms with Crippen LogP contribution in [0.25, 0.3) is 12.2 Å². The van der Waals surface area contributed by atoms with Crippen LogP contribution in [0.15, 0.2) is 109 Å². The van der Waals surface area contributed by atoms with Crippen molar-refractivity contribution in [2.45, 2.75) is 39.0 Å². The smallest absolute Gasteiger partial charge is 0.343 e. The second-order valence-corrected chi connectivity index (χ2v) is 9.47. The average molecular weight is 505 g/mol. The van der Waals surface area contributed by atoms with Crippen LogP contribution in [0.3, 0.4) is 0 Å². The average Bonchev–Trinajstić information content (AvgIpc) is 2.94. The summed E-state index contributed by atoms with van der Waals surface area (Å²) in [7, 11) is 0. The molecule has 0 aliphatic carbocycles. The van der Waals surface area contributed by atoms with Crippen LogP contribution in [0.2, 0.25) is 0 Å². The number of carbonyl (C=O) groups is 1. The monoisotopic (exact) mass is 504 g/mol. The normalized spacial score (nSPS) is 12.2. The van der Waals surface area contributed by atoms with Crippen LogP contribution in [0.1, 0.15) is 64.4 Å². The topological polar surface area (TPSA) is 26.3 Å². The van der Waals surface area contributed by atoms with Gasteiger partial charge < -0.3 is 4.74 Å². The number of benzene rings is 4. The molecule has 0 amide bonds. The summed E-state index contributed by atoms with van der Waals surface area (Å²) in [6, 6.07) is 30.4. The zero-order valence-electron chi connectivity index (χ0n) is 21.9. The van der Waals surface area contributed by atoms with E-state index in [2.05, 4.69) is 25.1 Å². The maximum atomic E-state index is 14.8. The maximum Gasteiger partial charge on any atom is 0.343 e. The Morgan fingerprint density at radius 1 is 0.868 bits per heavy atom. The van der Waals surface area contributed by atoms with E-state index < -0.39 is 5.97 Å². The molecule has 0 spiro atoms. The number of halogens is 1. The van der Waals surface area contributed by atoms with Crippen LogP contribution >= 0.6 is 0 Å². The number of hydrogen-bond donors (Lipinski definition) is 0. The number of ether oxygens (including phenoxy) is 1. The lowest BCUT2D eigenvalue weighted by molar-refractivity contribution is 0.0734. The Morgan fingerprint density at radius 2 is 1.58 bits per heavy atom. The molecule has 0 aliphatic rings. The van der Waals surface area contributed by atoms with Crippen LogP contribution in [0.5, 0.6) is 5.75 Å². The number of allylic oxidation sites excluding steroid dienone is 2. The van der Waals surface area contributed by atoms with Gasteiger partial charge in [-0.15, -0.1) is 0 Å². The van der Waals surface area contributed by atoms with Crippen LogP contribution in [0.4, 0.5) is 4.39 Å². The molecule has 4 rings (SSSR count). The van der Waals surface area contributed by atoms with E-state index in [4.69, 9.17) is 4.74 Å². The van der Waals surface area contributed by atoms with Crippen molar-refractivity contribution in [3.8, 4) is 5.75 Å². The van der Waals surface area contributed by atoms with E-state index in [1.807, 2.05) is 85.8 Å². The van der Waals surface area contributed by atoms with Crippen molar-refractivity contribution in [2.75, 3.05) is 0 Å². The zero-order valence-corrected chi connectivity index (χ0v) is 21.9. The molecule has 38 heavy (non-hydrogen) atoms. The van der Waals surface area contributed by atoms with Crippen LogP contribution in [-0.4, -0.2) is 5.97 Å². The molecule has 3 heteroatoms. The highest BCUT2D eigenvalue weighted by Crippen LogP contribution is 2.23. The number of rotatable bonds is 10. The Balaban J connectivity index is 1.33. The van der Waals surface area contributed by atoms with Gasteiger partial charge in [0.05, 0.1) is 5.56 Å². The Labute approximate surface area is 225 Å². The van der Waals surface area contributed by atoms with Gasteiger partial charge in [-0.2, -0.15) is 0 Å². The third-order valence-corrected chi connectivity index (χ3v) is 6.55. The zero-order chi connectivity index (χ0) is 26.7. The van der Waals surface area contributed by atoms with Gasteiger partial charge in [0.15, 0.2) is 0 Å². The first-order valence-corrected chi connectivity index (χ1v) is 13.1. The molecular formula is C35H33FO2. The van der Waals surface area contributed by atoms with Gasteiger partial charge in [0, 0.05) is 5.56 Å². The maximum absolute atomic E-state index is 14.8. The molecular weight excluding hydrogens is 471 g/mol. The van der Waals surface area contributed by atoms with Crippen LogP contribution < -0.4 is 4.74 Å². The molecule has 2 nitrogen and oxygen atoms in total. The molecule has 0 unspecified atom stereocenters. The second-order valence-electron chi connectivity index (χ2n) is 9.47. The fourth-order valence-electron chi connectivity index (χ4n) is 4.31. The minimum Gasteiger partial charge on any atom is -0.423 e. The molecule has 0 bridgehead atoms. The van der Waals surface area contributed by atoms with Gasteiger partial charge in [-0.3, -0.25) is 0 Å². The lowest BCUT2D eigenvalue weighted by Gasteiger charge is -2.12. The summed E-state index contributed by atoms with van der Waals surface area (Å²) < 4.78 is 20.3. The molecule has 4 aromatic carbocycles. The Bertz CT molecular complexity index is 1380. The number of hydrogen-bond acceptors (Lipinski definition) is 2. The van der Waals surface area contributed by atoms with Gasteiger partial charge in [-0.25, -0.2) is 9.18 Å². The fourth-order valence-corrected chi connectivity index (χ4v) is 4.31. The lowest BCUT2D eigenvalue weighted by atomic mass is 9.93. The molecule has 192 valence electrons. The SMILES string of the molecule is CC=CCCc1ccc(OC(=O)c2ccc(C=Cc3ccc(C[C@H](C)c4ccccc4)cc3F)cc2)cc1. The van der Waals surface area contributed by atoms with E-state index in [1.54, 1.807) is 24.3 Å². The first-order valence-electron chi connectivity index (χ1n) is 13.1. The summed E-state index contributed by atoms with van der Waals surface area (Å²) in [6.45, 7) is 4.17. The minimum atomic E-state index is -0.409. The predicted octanol–water partition coefficient (Wildman–Crippen LogP) is 9.07. The van der Waals surface area contributed by atoms with Crippen LogP contribution in [0, 0.1) is 5.82 Å². The standard InChI is InChI=1S/C35H33FO2/c1-3-4-6-9-27-16-22-33(23-17-27)38-35(37)32-20-13-28(14-21-32)12-18-31-19-15-29(25-34(31)36)24-26(2)30-10-7-5-8-11-30/h3-5,7-8,10-23,25-26H,6,9,24H2,1-2H3/t26-/m0/s1. The Kier molecular flexibility index (Phi) is 9.42. The Hall–Kier alpha value is -4.24. The van der Waals surface area contributed by atoms with Gasteiger partial charge >= 0.3 is 5.97 Å². The van der Waals surface area contributed by atoms with Crippen molar-refractivity contribution in [3.63, 3.8) is 0 Å². The predicted molar refractivity (Wildman–Crippen MR) is 155 cm³/mol. The third kappa shape index (κ3) is 7.63. The molecule has 0 aromatic heterocycles.